The molecule has 0 radical (unpaired) electrons. The van der Waals surface area contributed by atoms with E-state index in [4.69, 9.17) is 12.2 Å². The Bertz CT molecular complexity index is 589. The monoisotopic (exact) mass is 263 g/mol. The summed E-state index contributed by atoms with van der Waals surface area (Å²) in [4.78, 5) is 15.2. The van der Waals surface area contributed by atoms with Crippen LogP contribution in [0.15, 0.2) is 24.5 Å². The molecule has 2 rings (SSSR count). The van der Waals surface area contributed by atoms with Crippen molar-refractivity contribution < 1.29 is 4.79 Å². The Hall–Kier alpha value is -2.02. The zero-order chi connectivity index (χ0) is 13.0. The van der Waals surface area contributed by atoms with Gasteiger partial charge in [-0.2, -0.15) is 5.10 Å². The maximum atomic E-state index is 11.3. The molecule has 0 bridgehead atoms. The minimum Gasteiger partial charge on any atom is -0.359 e. The van der Waals surface area contributed by atoms with Gasteiger partial charge < -0.3 is 5.32 Å². The van der Waals surface area contributed by atoms with Crippen molar-refractivity contribution in [3.63, 3.8) is 0 Å². The fourth-order valence-corrected chi connectivity index (χ4v) is 1.81. The third-order valence-electron chi connectivity index (χ3n) is 2.54. The molecule has 2 aromatic rings. The van der Waals surface area contributed by atoms with Crippen LogP contribution >= 0.6 is 12.2 Å². The van der Waals surface area contributed by atoms with Crippen molar-refractivity contribution in [3.05, 3.63) is 29.3 Å². The van der Waals surface area contributed by atoms with Gasteiger partial charge in [0.05, 0.1) is 0 Å². The SMILES string of the molecule is CNC(=O)CCn1c(-c2ccncc2)n[nH]c1=S. The standard InChI is InChI=1S/C11H13N5OS/c1-12-9(17)4-7-16-10(14-15-11(16)18)8-2-5-13-6-3-8/h2-3,5-6H,4,7H2,1H3,(H,12,17)(H,15,18). The highest BCUT2D eigenvalue weighted by molar-refractivity contribution is 7.71. The van der Waals surface area contributed by atoms with Gasteiger partial charge >= 0.3 is 0 Å². The highest BCUT2D eigenvalue weighted by Gasteiger charge is 2.09. The first-order chi connectivity index (χ1) is 8.72. The second-order valence-corrected chi connectivity index (χ2v) is 4.05. The Labute approximate surface area is 109 Å². The quantitative estimate of drug-likeness (QED) is 0.811. The fraction of sp³-hybridized carbons (Fsp3) is 0.273. The minimum atomic E-state index is -0.0289. The zero-order valence-electron chi connectivity index (χ0n) is 9.88. The summed E-state index contributed by atoms with van der Waals surface area (Å²) in [5, 5.41) is 9.50. The highest BCUT2D eigenvalue weighted by atomic mass is 32.1. The number of nitrogens with zero attached hydrogens (tertiary/aromatic N) is 3. The van der Waals surface area contributed by atoms with Crippen molar-refractivity contribution >= 4 is 18.1 Å². The number of hydrogen-bond donors (Lipinski definition) is 2. The number of aromatic amines is 1. The van der Waals surface area contributed by atoms with Crippen molar-refractivity contribution in [2.75, 3.05) is 7.05 Å². The molecule has 1 amide bonds. The van der Waals surface area contributed by atoms with Crippen LogP contribution in [0.3, 0.4) is 0 Å². The molecule has 0 saturated carbocycles. The van der Waals surface area contributed by atoms with E-state index in [-0.39, 0.29) is 5.91 Å². The number of nitrogens with one attached hydrogen (secondary N) is 2. The van der Waals surface area contributed by atoms with Gasteiger partial charge in [-0.05, 0) is 24.4 Å². The number of carbonyl (C=O) groups excluding carboxylic acids is 1. The summed E-state index contributed by atoms with van der Waals surface area (Å²) in [7, 11) is 1.61. The molecule has 2 heterocycles. The average molecular weight is 263 g/mol. The molecular weight excluding hydrogens is 250 g/mol. The zero-order valence-corrected chi connectivity index (χ0v) is 10.7. The van der Waals surface area contributed by atoms with Crippen molar-refractivity contribution in [2.45, 2.75) is 13.0 Å². The molecule has 0 aromatic carbocycles. The van der Waals surface area contributed by atoms with Crippen LogP contribution in [0.25, 0.3) is 11.4 Å². The van der Waals surface area contributed by atoms with E-state index in [0.29, 0.717) is 23.6 Å². The van der Waals surface area contributed by atoms with Crippen LogP contribution in [0.5, 0.6) is 0 Å². The number of pyridine rings is 1. The second kappa shape index (κ2) is 5.54. The molecule has 0 saturated heterocycles. The predicted octanol–water partition coefficient (Wildman–Crippen LogP) is 1.14. The number of carbonyl (C=O) groups is 1. The molecule has 18 heavy (non-hydrogen) atoms. The van der Waals surface area contributed by atoms with Crippen LogP contribution in [0, 0.1) is 4.77 Å². The van der Waals surface area contributed by atoms with E-state index in [1.807, 2.05) is 12.1 Å². The summed E-state index contributed by atoms with van der Waals surface area (Å²) in [6.07, 6.45) is 3.74. The van der Waals surface area contributed by atoms with Crippen LogP contribution < -0.4 is 5.32 Å². The molecule has 94 valence electrons. The average Bonchev–Trinajstić information content (AvgIpc) is 2.78. The summed E-state index contributed by atoms with van der Waals surface area (Å²) in [6, 6.07) is 3.70. The molecule has 0 unspecified atom stereocenters. The molecule has 0 aliphatic carbocycles. The first-order valence-electron chi connectivity index (χ1n) is 5.48. The van der Waals surface area contributed by atoms with E-state index in [1.54, 1.807) is 24.0 Å². The molecule has 2 aromatic heterocycles. The Balaban J connectivity index is 2.28. The summed E-state index contributed by atoms with van der Waals surface area (Å²) >= 11 is 5.16. The fourth-order valence-electron chi connectivity index (χ4n) is 1.58. The number of rotatable bonds is 4. The van der Waals surface area contributed by atoms with Gasteiger partial charge in [-0.1, -0.05) is 0 Å². The Morgan fingerprint density at radius 1 is 1.50 bits per heavy atom. The lowest BCUT2D eigenvalue weighted by molar-refractivity contribution is -0.120. The molecule has 6 nitrogen and oxygen atoms in total. The highest BCUT2D eigenvalue weighted by Crippen LogP contribution is 2.16. The van der Waals surface area contributed by atoms with Crippen molar-refractivity contribution in [1.29, 1.82) is 0 Å². The van der Waals surface area contributed by atoms with Crippen molar-refractivity contribution in [2.24, 2.45) is 0 Å². The molecule has 0 atom stereocenters. The first-order valence-corrected chi connectivity index (χ1v) is 5.89. The lowest BCUT2D eigenvalue weighted by atomic mass is 10.2. The molecule has 7 heteroatoms. The van der Waals surface area contributed by atoms with Gasteiger partial charge in [-0.25, -0.2) is 0 Å². The van der Waals surface area contributed by atoms with E-state index in [0.717, 1.165) is 5.56 Å². The van der Waals surface area contributed by atoms with E-state index < -0.39 is 0 Å². The molecule has 2 N–H and O–H groups in total. The van der Waals surface area contributed by atoms with E-state index >= 15 is 0 Å². The number of hydrogen-bond acceptors (Lipinski definition) is 4. The van der Waals surface area contributed by atoms with Gasteiger partial charge in [0.1, 0.15) is 0 Å². The minimum absolute atomic E-state index is 0.0289. The molecule has 0 aliphatic heterocycles. The predicted molar refractivity (Wildman–Crippen MR) is 69.3 cm³/mol. The van der Waals surface area contributed by atoms with Gasteiger partial charge in [-0.3, -0.25) is 19.4 Å². The van der Waals surface area contributed by atoms with Crippen molar-refractivity contribution in [3.8, 4) is 11.4 Å². The first kappa shape index (κ1) is 12.4. The van der Waals surface area contributed by atoms with Crippen LogP contribution in [0.2, 0.25) is 0 Å². The maximum Gasteiger partial charge on any atom is 0.221 e. The lowest BCUT2D eigenvalue weighted by Gasteiger charge is -2.05. The summed E-state index contributed by atoms with van der Waals surface area (Å²) in [6.45, 7) is 0.493. The second-order valence-electron chi connectivity index (χ2n) is 3.66. The van der Waals surface area contributed by atoms with Gasteiger partial charge in [-0.15, -0.1) is 0 Å². The van der Waals surface area contributed by atoms with Gasteiger partial charge in [0.2, 0.25) is 5.91 Å². The van der Waals surface area contributed by atoms with Crippen LogP contribution in [-0.2, 0) is 11.3 Å². The summed E-state index contributed by atoms with van der Waals surface area (Å²) in [5.74, 6) is 0.685. The Morgan fingerprint density at radius 3 is 2.89 bits per heavy atom. The number of H-pyrrole nitrogens is 1. The molecule has 0 spiro atoms. The molecular formula is C11H13N5OS. The van der Waals surface area contributed by atoms with E-state index in [1.165, 1.54) is 0 Å². The third-order valence-corrected chi connectivity index (χ3v) is 2.85. The summed E-state index contributed by atoms with van der Waals surface area (Å²) in [5.41, 5.74) is 0.911. The van der Waals surface area contributed by atoms with Crippen molar-refractivity contribution in [1.82, 2.24) is 25.1 Å². The number of amides is 1. The Morgan fingerprint density at radius 2 is 2.22 bits per heavy atom. The van der Waals surface area contributed by atoms with Crippen LogP contribution in [-0.4, -0.2) is 32.7 Å². The topological polar surface area (TPSA) is 75.6 Å². The molecule has 0 fully saturated rings. The maximum absolute atomic E-state index is 11.3. The summed E-state index contributed by atoms with van der Waals surface area (Å²) < 4.78 is 2.31. The lowest BCUT2D eigenvalue weighted by Crippen LogP contribution is -2.19. The third kappa shape index (κ3) is 2.62. The van der Waals surface area contributed by atoms with Gasteiger partial charge in [0, 0.05) is 38.0 Å². The van der Waals surface area contributed by atoms with Gasteiger partial charge in [0.15, 0.2) is 10.6 Å². The van der Waals surface area contributed by atoms with Crippen LogP contribution in [0.4, 0.5) is 0 Å². The van der Waals surface area contributed by atoms with Gasteiger partial charge in [0.25, 0.3) is 0 Å². The van der Waals surface area contributed by atoms with Crippen LogP contribution in [0.1, 0.15) is 6.42 Å². The largest absolute Gasteiger partial charge is 0.359 e. The molecule has 0 aliphatic rings. The van der Waals surface area contributed by atoms with E-state index in [2.05, 4.69) is 20.5 Å². The normalized spacial score (nSPS) is 10.3. The Kier molecular flexibility index (Phi) is 3.83. The number of aromatic nitrogens is 4. The van der Waals surface area contributed by atoms with E-state index in [9.17, 15) is 4.79 Å². The smallest absolute Gasteiger partial charge is 0.221 e.